The summed E-state index contributed by atoms with van der Waals surface area (Å²) in [7, 11) is 0. The summed E-state index contributed by atoms with van der Waals surface area (Å²) in [5.74, 6) is 0. The van der Waals surface area contributed by atoms with Crippen LogP contribution in [0.3, 0.4) is 0 Å². The van der Waals surface area contributed by atoms with E-state index in [1.165, 1.54) is 5.56 Å². The minimum Gasteiger partial charge on any atom is -0.330 e. The maximum absolute atomic E-state index is 5.36. The van der Waals surface area contributed by atoms with Crippen LogP contribution in [0.5, 0.6) is 0 Å². The van der Waals surface area contributed by atoms with Gasteiger partial charge in [-0.1, -0.05) is 30.3 Å². The van der Waals surface area contributed by atoms with E-state index in [0.717, 1.165) is 13.0 Å². The Morgan fingerprint density at radius 2 is 1.70 bits per heavy atom. The standard InChI is InChI=1S/C8H11N.N/c9-7-6-8-4-2-1-3-5-8;/h1-5H,6-7,9H2;. The first kappa shape index (κ1) is 9.14. The van der Waals surface area contributed by atoms with E-state index in [-0.39, 0.29) is 6.15 Å². The molecule has 53 valence electrons. The van der Waals surface area contributed by atoms with Gasteiger partial charge in [0, 0.05) is 6.15 Å². The van der Waals surface area contributed by atoms with Crippen molar-refractivity contribution >= 4 is 0 Å². The van der Waals surface area contributed by atoms with Crippen molar-refractivity contribution in [2.75, 3.05) is 6.54 Å². The van der Waals surface area contributed by atoms with Gasteiger partial charge in [-0.25, -0.2) is 0 Å². The van der Waals surface area contributed by atoms with E-state index in [2.05, 4.69) is 12.1 Å². The SMILES string of the molecule is NCCc1ccccc1.[N]. The second-order valence-corrected chi connectivity index (χ2v) is 2.02. The highest BCUT2D eigenvalue weighted by molar-refractivity contribution is 5.14. The molecule has 0 fully saturated rings. The summed E-state index contributed by atoms with van der Waals surface area (Å²) >= 11 is 0. The van der Waals surface area contributed by atoms with Crippen molar-refractivity contribution in [1.29, 1.82) is 0 Å². The van der Waals surface area contributed by atoms with E-state index in [1.807, 2.05) is 18.2 Å². The second kappa shape index (κ2) is 4.97. The van der Waals surface area contributed by atoms with E-state index in [1.54, 1.807) is 0 Å². The second-order valence-electron chi connectivity index (χ2n) is 2.02. The van der Waals surface area contributed by atoms with E-state index < -0.39 is 0 Å². The molecule has 0 amide bonds. The zero-order valence-corrected chi connectivity index (χ0v) is 5.83. The maximum Gasteiger partial charge on any atom is 0 e. The molecule has 0 aliphatic heterocycles. The Bertz CT molecular complexity index is 160. The van der Waals surface area contributed by atoms with Gasteiger partial charge in [0.1, 0.15) is 0 Å². The van der Waals surface area contributed by atoms with Crippen LogP contribution in [0.2, 0.25) is 0 Å². The fourth-order valence-electron chi connectivity index (χ4n) is 0.811. The van der Waals surface area contributed by atoms with Gasteiger partial charge in [-0.05, 0) is 18.5 Å². The van der Waals surface area contributed by atoms with Gasteiger partial charge in [0.05, 0.1) is 0 Å². The Morgan fingerprint density at radius 3 is 2.20 bits per heavy atom. The van der Waals surface area contributed by atoms with Gasteiger partial charge in [0.25, 0.3) is 0 Å². The lowest BCUT2D eigenvalue weighted by Crippen LogP contribution is -2.01. The zero-order valence-electron chi connectivity index (χ0n) is 5.83. The van der Waals surface area contributed by atoms with Crippen molar-refractivity contribution in [1.82, 2.24) is 6.15 Å². The van der Waals surface area contributed by atoms with Crippen LogP contribution in [0.1, 0.15) is 5.56 Å². The Kier molecular flexibility index (Phi) is 4.54. The van der Waals surface area contributed by atoms with Crippen molar-refractivity contribution in [2.24, 2.45) is 5.73 Å². The third-order valence-corrected chi connectivity index (χ3v) is 1.28. The number of rotatable bonds is 2. The lowest BCUT2D eigenvalue weighted by Gasteiger charge is -1.93. The number of benzene rings is 1. The van der Waals surface area contributed by atoms with Crippen molar-refractivity contribution in [2.45, 2.75) is 6.42 Å². The predicted molar refractivity (Wildman–Crippen MR) is 41.3 cm³/mol. The van der Waals surface area contributed by atoms with Gasteiger partial charge < -0.3 is 5.73 Å². The normalized spacial score (nSPS) is 8.50. The number of hydrogen-bond acceptors (Lipinski definition) is 1. The third kappa shape index (κ3) is 2.62. The fourth-order valence-corrected chi connectivity index (χ4v) is 0.811. The molecular formula is C8H11N2. The molecule has 0 saturated heterocycles. The van der Waals surface area contributed by atoms with Crippen molar-refractivity contribution < 1.29 is 0 Å². The summed E-state index contributed by atoms with van der Waals surface area (Å²) in [4.78, 5) is 0. The predicted octanol–water partition coefficient (Wildman–Crippen LogP) is 0.707. The molecule has 2 N–H and O–H groups in total. The number of hydrogen-bond donors (Lipinski definition) is 1. The number of nitrogens with two attached hydrogens (primary N) is 1. The van der Waals surface area contributed by atoms with Crippen molar-refractivity contribution in [3.63, 3.8) is 0 Å². The van der Waals surface area contributed by atoms with Crippen LogP contribution in [-0.2, 0) is 6.42 Å². The molecule has 0 heterocycles. The minimum absolute atomic E-state index is 0. The Labute approximate surface area is 61.6 Å². The van der Waals surface area contributed by atoms with Crippen LogP contribution >= 0.6 is 0 Å². The third-order valence-electron chi connectivity index (χ3n) is 1.28. The number of nitrogens with zero attached hydrogens (tertiary/aromatic N) is 1. The molecule has 0 saturated carbocycles. The fraction of sp³-hybridized carbons (Fsp3) is 0.250. The molecule has 0 aliphatic rings. The first-order valence-corrected chi connectivity index (χ1v) is 3.17. The largest absolute Gasteiger partial charge is 0.330 e. The lowest BCUT2D eigenvalue weighted by molar-refractivity contribution is 0.969. The summed E-state index contributed by atoms with van der Waals surface area (Å²) < 4.78 is 0. The topological polar surface area (TPSA) is 56.5 Å². The minimum atomic E-state index is 0. The highest BCUT2D eigenvalue weighted by Crippen LogP contribution is 1.96. The summed E-state index contributed by atoms with van der Waals surface area (Å²) in [5, 5.41) is 0. The van der Waals surface area contributed by atoms with Crippen LogP contribution in [-0.4, -0.2) is 6.54 Å². The molecule has 0 spiro atoms. The first-order chi connectivity index (χ1) is 4.43. The van der Waals surface area contributed by atoms with Crippen LogP contribution in [0.15, 0.2) is 30.3 Å². The summed E-state index contributed by atoms with van der Waals surface area (Å²) in [6.07, 6.45) is 0.987. The zero-order chi connectivity index (χ0) is 6.53. The average Bonchev–Trinajstić information content (AvgIpc) is 1.91. The lowest BCUT2D eigenvalue weighted by atomic mass is 10.2. The van der Waals surface area contributed by atoms with E-state index in [4.69, 9.17) is 5.73 Å². The first-order valence-electron chi connectivity index (χ1n) is 3.17. The molecule has 0 aliphatic carbocycles. The Hall–Kier alpha value is -0.860. The summed E-state index contributed by atoms with van der Waals surface area (Å²) in [6, 6.07) is 10.3. The van der Waals surface area contributed by atoms with Crippen LogP contribution in [0.25, 0.3) is 0 Å². The molecule has 0 aromatic heterocycles. The molecule has 1 rings (SSSR count). The molecule has 0 bridgehead atoms. The Morgan fingerprint density at radius 1 is 1.10 bits per heavy atom. The van der Waals surface area contributed by atoms with Crippen molar-refractivity contribution in [3.05, 3.63) is 35.9 Å². The van der Waals surface area contributed by atoms with Gasteiger partial charge in [0.2, 0.25) is 0 Å². The van der Waals surface area contributed by atoms with E-state index in [9.17, 15) is 0 Å². The molecule has 10 heavy (non-hydrogen) atoms. The summed E-state index contributed by atoms with van der Waals surface area (Å²) in [6.45, 7) is 0.740. The van der Waals surface area contributed by atoms with Crippen molar-refractivity contribution in [3.8, 4) is 0 Å². The molecule has 1 aromatic carbocycles. The van der Waals surface area contributed by atoms with E-state index >= 15 is 0 Å². The van der Waals surface area contributed by atoms with Gasteiger partial charge in [-0.2, -0.15) is 0 Å². The van der Waals surface area contributed by atoms with Gasteiger partial charge in [-0.15, -0.1) is 0 Å². The monoisotopic (exact) mass is 135 g/mol. The molecule has 2 heteroatoms. The van der Waals surface area contributed by atoms with Gasteiger partial charge in [0.15, 0.2) is 0 Å². The molecular weight excluding hydrogens is 124 g/mol. The van der Waals surface area contributed by atoms with Gasteiger partial charge >= 0.3 is 0 Å². The van der Waals surface area contributed by atoms with Crippen LogP contribution in [0, 0.1) is 0 Å². The average molecular weight is 135 g/mol. The summed E-state index contributed by atoms with van der Waals surface area (Å²) in [5.41, 5.74) is 6.68. The molecule has 1 aromatic rings. The highest BCUT2D eigenvalue weighted by Gasteiger charge is 1.84. The molecule has 0 atom stereocenters. The van der Waals surface area contributed by atoms with Gasteiger partial charge in [-0.3, -0.25) is 0 Å². The van der Waals surface area contributed by atoms with E-state index in [0.29, 0.717) is 0 Å². The smallest absolute Gasteiger partial charge is 0 e. The molecule has 3 radical (unpaired) electrons. The maximum atomic E-state index is 5.36. The van der Waals surface area contributed by atoms with Crippen LogP contribution < -0.4 is 11.9 Å². The quantitative estimate of drug-likeness (QED) is 0.637. The Balaban J connectivity index is 0.000000810. The molecule has 2 nitrogen and oxygen atoms in total. The van der Waals surface area contributed by atoms with Crippen LogP contribution in [0.4, 0.5) is 0 Å². The molecule has 0 unspecified atom stereocenters. The highest BCUT2D eigenvalue weighted by atomic mass is 14.5.